The molecule has 2 aromatic rings. The van der Waals surface area contributed by atoms with E-state index < -0.39 is 0 Å². The van der Waals surface area contributed by atoms with Crippen LogP contribution < -0.4 is 15.4 Å². The lowest BCUT2D eigenvalue weighted by molar-refractivity contribution is -0.122. The Balaban J connectivity index is 1.33. The maximum absolute atomic E-state index is 12.5. The number of nitrogens with zero attached hydrogens (tertiary/aromatic N) is 2. The first-order valence-electron chi connectivity index (χ1n) is 9.03. The van der Waals surface area contributed by atoms with E-state index in [1.165, 1.54) is 12.8 Å². The van der Waals surface area contributed by atoms with Crippen LogP contribution in [0, 0.1) is 0 Å². The van der Waals surface area contributed by atoms with E-state index in [0.29, 0.717) is 18.3 Å². The molecular formula is C19H22N4O3. The molecule has 1 saturated carbocycles. The number of carbonyl (C=O) groups is 2. The highest BCUT2D eigenvalue weighted by Gasteiger charge is 2.30. The number of carbonyl (C=O) groups excluding carboxylic acids is 2. The van der Waals surface area contributed by atoms with Crippen LogP contribution in [-0.4, -0.2) is 34.2 Å². The van der Waals surface area contributed by atoms with Crippen LogP contribution in [0.25, 0.3) is 0 Å². The predicted octanol–water partition coefficient (Wildman–Crippen LogP) is 2.06. The predicted molar refractivity (Wildman–Crippen MR) is 95.9 cm³/mol. The van der Waals surface area contributed by atoms with Crippen LogP contribution in [0.2, 0.25) is 0 Å². The van der Waals surface area contributed by atoms with Crippen molar-refractivity contribution >= 4 is 17.5 Å². The van der Waals surface area contributed by atoms with Gasteiger partial charge in [-0.05, 0) is 18.9 Å². The maximum atomic E-state index is 12.5. The number of anilines is 1. The van der Waals surface area contributed by atoms with E-state index in [4.69, 9.17) is 4.74 Å². The standard InChI is InChI=1S/C19H22N4O3/c24-18(21-13-5-1-2-6-13)11-23-10-14(9-20-23)22-19(25)16-12-26-17-8-4-3-7-15(16)17/h3-4,7-10,13,16H,1-2,5-6,11-12H2,(H,21,24)(H,22,25). The van der Waals surface area contributed by atoms with Crippen LogP contribution in [-0.2, 0) is 16.1 Å². The zero-order valence-corrected chi connectivity index (χ0v) is 14.5. The van der Waals surface area contributed by atoms with E-state index in [9.17, 15) is 9.59 Å². The number of aromatic nitrogens is 2. The highest BCUT2D eigenvalue weighted by molar-refractivity contribution is 5.96. The van der Waals surface area contributed by atoms with Crippen molar-refractivity contribution < 1.29 is 14.3 Å². The van der Waals surface area contributed by atoms with E-state index in [0.717, 1.165) is 24.2 Å². The number of para-hydroxylation sites is 1. The third-order valence-corrected chi connectivity index (χ3v) is 4.94. The van der Waals surface area contributed by atoms with Gasteiger partial charge >= 0.3 is 0 Å². The Kier molecular flexibility index (Phi) is 4.60. The normalized spacial score (nSPS) is 19.0. The van der Waals surface area contributed by atoms with E-state index >= 15 is 0 Å². The fourth-order valence-electron chi connectivity index (χ4n) is 3.61. The van der Waals surface area contributed by atoms with Crippen LogP contribution in [0.1, 0.15) is 37.2 Å². The van der Waals surface area contributed by atoms with Gasteiger partial charge in [0.1, 0.15) is 24.8 Å². The summed E-state index contributed by atoms with van der Waals surface area (Å²) in [5, 5.41) is 10.1. The zero-order valence-electron chi connectivity index (χ0n) is 14.5. The average molecular weight is 354 g/mol. The van der Waals surface area contributed by atoms with Crippen molar-refractivity contribution in [2.75, 3.05) is 11.9 Å². The molecule has 0 radical (unpaired) electrons. The lowest BCUT2D eigenvalue weighted by Gasteiger charge is -2.11. The molecule has 26 heavy (non-hydrogen) atoms. The Bertz CT molecular complexity index is 811. The highest BCUT2D eigenvalue weighted by Crippen LogP contribution is 2.34. The summed E-state index contributed by atoms with van der Waals surface area (Å²) < 4.78 is 7.10. The minimum Gasteiger partial charge on any atom is -0.492 e. The second-order valence-corrected chi connectivity index (χ2v) is 6.87. The van der Waals surface area contributed by atoms with Gasteiger partial charge in [0.05, 0.1) is 11.9 Å². The molecule has 2 amide bonds. The van der Waals surface area contributed by atoms with Gasteiger partial charge in [0.15, 0.2) is 0 Å². The van der Waals surface area contributed by atoms with Gasteiger partial charge in [-0.2, -0.15) is 5.10 Å². The van der Waals surface area contributed by atoms with Gasteiger partial charge in [-0.25, -0.2) is 0 Å². The molecule has 4 rings (SSSR count). The zero-order chi connectivity index (χ0) is 17.9. The minimum atomic E-state index is -0.333. The van der Waals surface area contributed by atoms with Crippen molar-refractivity contribution in [1.29, 1.82) is 0 Å². The van der Waals surface area contributed by atoms with E-state index in [2.05, 4.69) is 15.7 Å². The lowest BCUT2D eigenvalue weighted by atomic mass is 10.0. The molecule has 7 nitrogen and oxygen atoms in total. The molecule has 2 heterocycles. The maximum Gasteiger partial charge on any atom is 0.241 e. The molecule has 1 aromatic heterocycles. The molecule has 7 heteroatoms. The minimum absolute atomic E-state index is 0.0454. The second-order valence-electron chi connectivity index (χ2n) is 6.87. The van der Waals surface area contributed by atoms with Gasteiger partial charge in [-0.3, -0.25) is 14.3 Å². The average Bonchev–Trinajstić information content (AvgIpc) is 3.35. The molecule has 1 fully saturated rings. The molecule has 0 bridgehead atoms. The van der Waals surface area contributed by atoms with Gasteiger partial charge in [0.2, 0.25) is 11.8 Å². The number of ether oxygens (including phenoxy) is 1. The topological polar surface area (TPSA) is 85.2 Å². The molecular weight excluding hydrogens is 332 g/mol. The monoisotopic (exact) mass is 354 g/mol. The number of amides is 2. The second kappa shape index (κ2) is 7.19. The smallest absolute Gasteiger partial charge is 0.241 e. The Morgan fingerprint density at radius 1 is 1.23 bits per heavy atom. The first kappa shape index (κ1) is 16.6. The highest BCUT2D eigenvalue weighted by atomic mass is 16.5. The van der Waals surface area contributed by atoms with Gasteiger partial charge < -0.3 is 15.4 Å². The fraction of sp³-hybridized carbons (Fsp3) is 0.421. The van der Waals surface area contributed by atoms with Gasteiger partial charge in [0.25, 0.3) is 0 Å². The first-order valence-corrected chi connectivity index (χ1v) is 9.03. The molecule has 2 aliphatic rings. The molecule has 0 saturated heterocycles. The van der Waals surface area contributed by atoms with E-state index in [1.807, 2.05) is 24.3 Å². The van der Waals surface area contributed by atoms with Crippen molar-refractivity contribution in [2.45, 2.75) is 44.2 Å². The summed E-state index contributed by atoms with van der Waals surface area (Å²) in [6.45, 7) is 0.491. The summed E-state index contributed by atoms with van der Waals surface area (Å²) in [6.07, 6.45) is 7.69. The van der Waals surface area contributed by atoms with Crippen LogP contribution in [0.5, 0.6) is 5.75 Å². The number of hydrogen-bond acceptors (Lipinski definition) is 4. The Morgan fingerprint density at radius 2 is 2.04 bits per heavy atom. The van der Waals surface area contributed by atoms with E-state index in [1.54, 1.807) is 17.1 Å². The lowest BCUT2D eigenvalue weighted by Crippen LogP contribution is -2.35. The SMILES string of the molecule is O=C(Cn1cc(NC(=O)C2COc3ccccc32)cn1)NC1CCCC1. The number of fused-ring (bicyclic) bond motifs is 1. The van der Waals surface area contributed by atoms with Gasteiger partial charge in [0, 0.05) is 17.8 Å². The van der Waals surface area contributed by atoms with Crippen LogP contribution in [0.3, 0.4) is 0 Å². The van der Waals surface area contributed by atoms with Crippen LogP contribution >= 0.6 is 0 Å². The Hall–Kier alpha value is -2.83. The van der Waals surface area contributed by atoms with Gasteiger partial charge in [-0.15, -0.1) is 0 Å². The Morgan fingerprint density at radius 3 is 2.88 bits per heavy atom. The van der Waals surface area contributed by atoms with Crippen molar-refractivity contribution in [1.82, 2.24) is 15.1 Å². The molecule has 0 spiro atoms. The summed E-state index contributed by atoms with van der Waals surface area (Å²) in [5.41, 5.74) is 1.47. The van der Waals surface area contributed by atoms with Crippen molar-refractivity contribution in [3.05, 3.63) is 42.2 Å². The summed E-state index contributed by atoms with van der Waals surface area (Å²) in [7, 11) is 0. The molecule has 136 valence electrons. The molecule has 2 N–H and O–H groups in total. The molecule has 1 aliphatic carbocycles. The first-order chi connectivity index (χ1) is 12.7. The van der Waals surface area contributed by atoms with Crippen molar-refractivity contribution in [3.63, 3.8) is 0 Å². The summed E-state index contributed by atoms with van der Waals surface area (Å²) in [6, 6.07) is 7.85. The fourth-order valence-corrected chi connectivity index (χ4v) is 3.61. The summed E-state index contributed by atoms with van der Waals surface area (Å²) >= 11 is 0. The van der Waals surface area contributed by atoms with Crippen molar-refractivity contribution in [3.8, 4) is 5.75 Å². The van der Waals surface area contributed by atoms with Crippen LogP contribution in [0.15, 0.2) is 36.7 Å². The molecule has 1 aromatic carbocycles. The number of nitrogens with one attached hydrogen (secondary N) is 2. The molecule has 1 unspecified atom stereocenters. The quantitative estimate of drug-likeness (QED) is 0.861. The van der Waals surface area contributed by atoms with Gasteiger partial charge in [-0.1, -0.05) is 31.0 Å². The number of rotatable bonds is 5. The largest absolute Gasteiger partial charge is 0.492 e. The molecule has 1 aliphatic heterocycles. The number of benzene rings is 1. The Labute approximate surface area is 151 Å². The third-order valence-electron chi connectivity index (χ3n) is 4.94. The van der Waals surface area contributed by atoms with Crippen molar-refractivity contribution in [2.24, 2.45) is 0 Å². The van der Waals surface area contributed by atoms with Crippen LogP contribution in [0.4, 0.5) is 5.69 Å². The third kappa shape index (κ3) is 3.56. The number of hydrogen-bond donors (Lipinski definition) is 2. The molecule has 1 atom stereocenters. The van der Waals surface area contributed by atoms with E-state index in [-0.39, 0.29) is 24.3 Å². The summed E-state index contributed by atoms with van der Waals surface area (Å²) in [4.78, 5) is 24.6. The summed E-state index contributed by atoms with van der Waals surface area (Å²) in [5.74, 6) is 0.244.